The Morgan fingerprint density at radius 1 is 0.211 bits per heavy atom. The minimum atomic E-state index is 0.152. The molecule has 0 unspecified atom stereocenters. The first-order chi connectivity index (χ1) is 37.8. The van der Waals surface area contributed by atoms with Crippen molar-refractivity contribution in [3.63, 3.8) is 0 Å². The maximum Gasteiger partial charge on any atom is 0.189 e. The highest BCUT2D eigenvalue weighted by Crippen LogP contribution is 2.44. The molecule has 418 valence electrons. The number of fused-ring (bicyclic) bond motifs is 18. The first kappa shape index (κ1) is 55.3. The van der Waals surface area contributed by atoms with Crippen LogP contribution in [0.15, 0.2) is 24.3 Å². The summed E-state index contributed by atoms with van der Waals surface area (Å²) in [4.78, 5) is 17.6. The molecule has 2 N–H and O–H groups in total. The van der Waals surface area contributed by atoms with E-state index >= 15 is 0 Å². The molecule has 24 nitrogen and oxygen atoms in total. The van der Waals surface area contributed by atoms with Gasteiger partial charge in [-0.05, 0) is 24.3 Å². The van der Waals surface area contributed by atoms with E-state index in [9.17, 15) is 0 Å². The molecule has 24 heteroatoms. The van der Waals surface area contributed by atoms with E-state index in [2.05, 4.69) is 9.97 Å². The van der Waals surface area contributed by atoms with Crippen LogP contribution in [-0.4, -0.2) is 231 Å². The van der Waals surface area contributed by atoms with Crippen LogP contribution in [-0.2, 0) is 75.8 Å². The molecule has 0 aliphatic carbocycles. The third-order valence-corrected chi connectivity index (χ3v) is 11.6. The maximum atomic E-state index is 6.62. The summed E-state index contributed by atoms with van der Waals surface area (Å²) in [6.07, 6.45) is 0. The number of hydrogen-bond donors (Lipinski definition) is 2. The van der Waals surface area contributed by atoms with E-state index in [4.69, 9.17) is 105 Å². The van der Waals surface area contributed by atoms with Gasteiger partial charge in [-0.1, -0.05) is 0 Å². The summed E-state index contributed by atoms with van der Waals surface area (Å²) in [5.74, 6) is 2.87. The summed E-state index contributed by atoms with van der Waals surface area (Å²) in [5.41, 5.74) is 3.53. The Morgan fingerprint density at radius 2 is 0.395 bits per heavy atom. The molecule has 0 aromatic carbocycles. The smallest absolute Gasteiger partial charge is 0.189 e. The topological polar surface area (TPSA) is 242 Å². The first-order valence-corrected chi connectivity index (χ1v) is 26.1. The number of nitrogens with zero attached hydrogens (tertiary/aromatic N) is 2. The van der Waals surface area contributed by atoms with E-state index in [0.29, 0.717) is 197 Å². The van der Waals surface area contributed by atoms with Gasteiger partial charge in [-0.25, -0.2) is 9.97 Å². The van der Waals surface area contributed by atoms with Crippen LogP contribution in [0.25, 0.3) is 45.1 Å². The lowest BCUT2D eigenvalue weighted by Crippen LogP contribution is -2.13. The molecule has 3 aromatic rings. The van der Waals surface area contributed by atoms with Crippen molar-refractivity contribution in [2.45, 2.75) is 0 Å². The van der Waals surface area contributed by atoms with Gasteiger partial charge in [-0.2, -0.15) is 0 Å². The third kappa shape index (κ3) is 16.3. The second-order valence-corrected chi connectivity index (χ2v) is 17.0. The number of aromatic amines is 2. The van der Waals surface area contributed by atoms with Gasteiger partial charge in [0, 0.05) is 0 Å². The molecule has 0 amide bonds. The summed E-state index contributed by atoms with van der Waals surface area (Å²) in [6.45, 7) is 9.65. The molecule has 9 heterocycles. The Bertz CT molecular complexity index is 2330. The van der Waals surface area contributed by atoms with Crippen molar-refractivity contribution in [3.05, 3.63) is 47.0 Å². The number of rotatable bonds is 0. The van der Waals surface area contributed by atoms with Crippen molar-refractivity contribution in [1.82, 2.24) is 19.9 Å². The zero-order valence-corrected chi connectivity index (χ0v) is 43.0. The Hall–Kier alpha value is -5.48. The molecule has 9 rings (SSSR count). The molecular formula is C52H70N4O20. The van der Waals surface area contributed by atoms with Crippen molar-refractivity contribution >= 4 is 45.1 Å². The average Bonchev–Trinajstić information content (AvgIpc) is 4.13. The second-order valence-electron chi connectivity index (χ2n) is 17.0. The number of ether oxygens (including phenoxy) is 20. The van der Waals surface area contributed by atoms with E-state index in [0.717, 1.165) is 0 Å². The molecule has 76 heavy (non-hydrogen) atoms. The lowest BCUT2D eigenvalue weighted by Gasteiger charge is -2.13. The van der Waals surface area contributed by atoms with Gasteiger partial charge >= 0.3 is 0 Å². The van der Waals surface area contributed by atoms with Gasteiger partial charge in [0.25, 0.3) is 0 Å². The van der Waals surface area contributed by atoms with Gasteiger partial charge in [0.2, 0.25) is 0 Å². The molecule has 0 saturated heterocycles. The van der Waals surface area contributed by atoms with Crippen LogP contribution in [0.3, 0.4) is 0 Å². The van der Waals surface area contributed by atoms with Crippen molar-refractivity contribution in [1.29, 1.82) is 0 Å². The van der Waals surface area contributed by atoms with Crippen molar-refractivity contribution in [2.24, 2.45) is 0 Å². The van der Waals surface area contributed by atoms with E-state index in [1.165, 1.54) is 0 Å². The summed E-state index contributed by atoms with van der Waals surface area (Å²) >= 11 is 0. The van der Waals surface area contributed by atoms with Crippen molar-refractivity contribution in [3.8, 4) is 23.0 Å². The fraction of sp³-hybridized carbons (Fsp3) is 0.615. The van der Waals surface area contributed by atoms with Crippen molar-refractivity contribution in [2.75, 3.05) is 211 Å². The van der Waals surface area contributed by atoms with E-state index in [-0.39, 0.29) is 106 Å². The van der Waals surface area contributed by atoms with Gasteiger partial charge in [0.15, 0.2) is 46.0 Å². The zero-order valence-electron chi connectivity index (χ0n) is 43.0. The van der Waals surface area contributed by atoms with Crippen LogP contribution < -0.4 is 18.9 Å². The Kier molecular flexibility index (Phi) is 22.6. The Morgan fingerprint density at radius 3 is 0.632 bits per heavy atom. The van der Waals surface area contributed by atoms with Crippen molar-refractivity contribution < 1.29 is 94.7 Å². The Labute approximate surface area is 440 Å². The summed E-state index contributed by atoms with van der Waals surface area (Å²) in [6, 6.07) is 7.28. The number of hydrogen-bond acceptors (Lipinski definition) is 22. The summed E-state index contributed by atoms with van der Waals surface area (Å²) in [7, 11) is 0. The highest BCUT2D eigenvalue weighted by molar-refractivity contribution is 5.92. The minimum absolute atomic E-state index is 0.152. The van der Waals surface area contributed by atoms with Crippen LogP contribution in [0, 0.1) is 0 Å². The van der Waals surface area contributed by atoms with Gasteiger partial charge in [0.05, 0.1) is 181 Å². The molecule has 6 aliphatic heterocycles. The molecule has 3 aromatic heterocycles. The maximum absolute atomic E-state index is 6.62. The Balaban J connectivity index is 1.28. The molecule has 0 fully saturated rings. The van der Waals surface area contributed by atoms with E-state index in [1.54, 1.807) is 6.07 Å². The molecule has 0 saturated carbocycles. The standard InChI is InChI=1S/C52H70N4O20/c1-9-61-17-25-69-45-37-33-39-47-49(73-29-21-65-13-5-58-3-11-63-19-27-71-47)41(54-39)35-43-51-52(76-32-24-68-16-8-60-7-15-67-23-31-75-51)44(56-43)36-42-50-48(72-28-20-64-12-4-59-6-14-66-22-30-74-50)40(55-42)34-38(53-37)46(45)70-26-18-62-10-2-57-1/h33-36,53-54H,1-32H2. The van der Waals surface area contributed by atoms with Crippen LogP contribution >= 0.6 is 0 Å². The highest BCUT2D eigenvalue weighted by atomic mass is 16.6. The molecule has 0 atom stereocenters. The lowest BCUT2D eigenvalue weighted by atomic mass is 10.2. The molecule has 6 aliphatic rings. The van der Waals surface area contributed by atoms with Crippen LogP contribution in [0.2, 0.25) is 0 Å². The van der Waals surface area contributed by atoms with Gasteiger partial charge in [-0.15, -0.1) is 0 Å². The molecule has 0 spiro atoms. The largest absolute Gasteiger partial charge is 0.485 e. The number of aromatic nitrogens is 4. The normalized spacial score (nSPS) is 21.2. The SMILES string of the molecule is c1c2nc(cc3[nH]c(cc4[nH]c(cc5nc1C1=C5OCCOCCOCCOCCO1)c1c4OCCOCCOCCOCCO1)c1c3OCCOCCOCCOCCO1)C1=C2OCCOCCOCCOCCO1. The fourth-order valence-electron chi connectivity index (χ4n) is 8.20. The van der Waals surface area contributed by atoms with Crippen LogP contribution in [0.4, 0.5) is 0 Å². The van der Waals surface area contributed by atoms with Crippen LogP contribution in [0.1, 0.15) is 22.8 Å². The monoisotopic (exact) mass is 1070 g/mol. The summed E-state index contributed by atoms with van der Waals surface area (Å²) in [5, 5.41) is 0. The van der Waals surface area contributed by atoms with Gasteiger partial charge < -0.3 is 105 Å². The first-order valence-electron chi connectivity index (χ1n) is 26.1. The average molecular weight is 1070 g/mol. The predicted octanol–water partition coefficient (Wildman–Crippen LogP) is 3.80. The predicted molar refractivity (Wildman–Crippen MR) is 270 cm³/mol. The molecular weight excluding hydrogens is 1000 g/mol. The van der Waals surface area contributed by atoms with Gasteiger partial charge in [0.1, 0.15) is 75.6 Å². The summed E-state index contributed by atoms with van der Waals surface area (Å²) < 4.78 is 123. The third-order valence-electron chi connectivity index (χ3n) is 11.6. The fourth-order valence-corrected chi connectivity index (χ4v) is 8.20. The minimum Gasteiger partial charge on any atom is -0.485 e. The van der Waals surface area contributed by atoms with Gasteiger partial charge in [-0.3, -0.25) is 0 Å². The second kappa shape index (κ2) is 31.1. The van der Waals surface area contributed by atoms with E-state index in [1.807, 2.05) is 18.2 Å². The van der Waals surface area contributed by atoms with E-state index < -0.39 is 0 Å². The quantitative estimate of drug-likeness (QED) is 0.325. The highest BCUT2D eigenvalue weighted by Gasteiger charge is 2.30. The zero-order chi connectivity index (χ0) is 51.7. The lowest BCUT2D eigenvalue weighted by molar-refractivity contribution is 0.00421. The number of H-pyrrole nitrogens is 2. The molecule has 0 radical (unpaired) electrons. The van der Waals surface area contributed by atoms with Crippen LogP contribution in [0.5, 0.6) is 23.0 Å². The molecule has 8 bridgehead atoms. The number of nitrogens with one attached hydrogen (secondary N) is 2.